The Labute approximate surface area is 104 Å². The molecule has 88 valence electrons. The number of aromatic amines is 1. The van der Waals surface area contributed by atoms with Crippen LogP contribution in [0.2, 0.25) is 0 Å². The molecule has 4 heteroatoms. The van der Waals surface area contributed by atoms with E-state index in [-0.39, 0.29) is 5.56 Å². The summed E-state index contributed by atoms with van der Waals surface area (Å²) in [6.45, 7) is 0. The van der Waals surface area contributed by atoms with Crippen LogP contribution in [0.5, 0.6) is 0 Å². The van der Waals surface area contributed by atoms with Crippen molar-refractivity contribution >= 4 is 11.3 Å². The molecule has 3 rings (SSSR count). The molecule has 0 bridgehead atoms. The van der Waals surface area contributed by atoms with Crippen LogP contribution >= 0.6 is 11.3 Å². The first-order chi connectivity index (χ1) is 8.33. The van der Waals surface area contributed by atoms with Gasteiger partial charge in [0.05, 0.1) is 10.7 Å². The van der Waals surface area contributed by atoms with Crippen molar-refractivity contribution in [2.24, 2.45) is 0 Å². The highest BCUT2D eigenvalue weighted by atomic mass is 32.1. The molecule has 2 aromatic heterocycles. The van der Waals surface area contributed by atoms with E-state index in [1.54, 1.807) is 23.6 Å². The van der Waals surface area contributed by atoms with E-state index in [1.165, 1.54) is 30.7 Å². The average Bonchev–Trinajstić information content (AvgIpc) is 3.00. The van der Waals surface area contributed by atoms with Gasteiger partial charge in [-0.2, -0.15) is 0 Å². The van der Waals surface area contributed by atoms with E-state index >= 15 is 0 Å². The van der Waals surface area contributed by atoms with E-state index in [9.17, 15) is 4.79 Å². The first kappa shape index (κ1) is 10.7. The SMILES string of the molecule is O=c1cc(-c2csc(C3CCCC3)n2)cc[nH]1. The van der Waals surface area contributed by atoms with Crippen molar-refractivity contribution in [2.45, 2.75) is 31.6 Å². The minimum absolute atomic E-state index is 0.0714. The van der Waals surface area contributed by atoms with Crippen molar-refractivity contribution in [3.8, 4) is 11.3 Å². The molecule has 1 aliphatic rings. The fourth-order valence-electron chi connectivity index (χ4n) is 2.38. The standard InChI is InChI=1S/C13H14N2OS/c16-12-7-10(5-6-14-12)11-8-17-13(15-11)9-3-1-2-4-9/h5-9H,1-4H2,(H,14,16). The lowest BCUT2D eigenvalue weighted by Gasteiger charge is -2.02. The summed E-state index contributed by atoms with van der Waals surface area (Å²) in [7, 11) is 0. The maximum atomic E-state index is 11.2. The van der Waals surface area contributed by atoms with Crippen molar-refractivity contribution in [3.63, 3.8) is 0 Å². The summed E-state index contributed by atoms with van der Waals surface area (Å²) < 4.78 is 0. The first-order valence-corrected chi connectivity index (χ1v) is 6.85. The van der Waals surface area contributed by atoms with Crippen LogP contribution in [0.3, 0.4) is 0 Å². The zero-order chi connectivity index (χ0) is 11.7. The van der Waals surface area contributed by atoms with Gasteiger partial charge in [0, 0.05) is 29.1 Å². The molecule has 17 heavy (non-hydrogen) atoms. The number of nitrogens with one attached hydrogen (secondary N) is 1. The Bertz CT molecular complexity index is 567. The third-order valence-electron chi connectivity index (χ3n) is 3.30. The van der Waals surface area contributed by atoms with E-state index in [1.807, 2.05) is 6.07 Å². The Morgan fingerprint density at radius 3 is 2.94 bits per heavy atom. The van der Waals surface area contributed by atoms with Crippen LogP contribution in [0, 0.1) is 0 Å². The highest BCUT2D eigenvalue weighted by Crippen LogP contribution is 2.36. The molecule has 1 aliphatic carbocycles. The lowest BCUT2D eigenvalue weighted by Crippen LogP contribution is -2.02. The Balaban J connectivity index is 1.91. The number of thiazole rings is 1. The summed E-state index contributed by atoms with van der Waals surface area (Å²) in [6, 6.07) is 3.50. The highest BCUT2D eigenvalue weighted by molar-refractivity contribution is 7.10. The lowest BCUT2D eigenvalue weighted by molar-refractivity contribution is 0.717. The molecule has 0 aliphatic heterocycles. The summed E-state index contributed by atoms with van der Waals surface area (Å²) in [5.41, 5.74) is 1.77. The minimum atomic E-state index is -0.0714. The predicted octanol–water partition coefficient (Wildman–Crippen LogP) is 3.16. The smallest absolute Gasteiger partial charge is 0.248 e. The van der Waals surface area contributed by atoms with Gasteiger partial charge in [-0.25, -0.2) is 4.98 Å². The van der Waals surface area contributed by atoms with Gasteiger partial charge in [0.1, 0.15) is 0 Å². The van der Waals surface area contributed by atoms with E-state index in [0.717, 1.165) is 11.3 Å². The maximum absolute atomic E-state index is 11.2. The first-order valence-electron chi connectivity index (χ1n) is 5.97. The largest absolute Gasteiger partial charge is 0.329 e. The Kier molecular flexibility index (Phi) is 2.81. The summed E-state index contributed by atoms with van der Waals surface area (Å²) in [4.78, 5) is 18.5. The topological polar surface area (TPSA) is 45.8 Å². The fraction of sp³-hybridized carbons (Fsp3) is 0.385. The summed E-state index contributed by atoms with van der Waals surface area (Å²) in [5, 5.41) is 3.29. The second-order valence-electron chi connectivity index (χ2n) is 4.49. The molecule has 1 N–H and O–H groups in total. The van der Waals surface area contributed by atoms with Crippen LogP contribution in [0.25, 0.3) is 11.3 Å². The Morgan fingerprint density at radius 2 is 2.18 bits per heavy atom. The van der Waals surface area contributed by atoms with Crippen LogP contribution in [0.1, 0.15) is 36.6 Å². The molecule has 0 saturated heterocycles. The maximum Gasteiger partial charge on any atom is 0.248 e. The molecule has 0 atom stereocenters. The molecule has 1 saturated carbocycles. The zero-order valence-electron chi connectivity index (χ0n) is 9.48. The molecule has 0 amide bonds. The van der Waals surface area contributed by atoms with Gasteiger partial charge in [-0.3, -0.25) is 4.79 Å². The van der Waals surface area contributed by atoms with E-state index < -0.39 is 0 Å². The van der Waals surface area contributed by atoms with Gasteiger partial charge in [-0.15, -0.1) is 11.3 Å². The summed E-state index contributed by atoms with van der Waals surface area (Å²) in [5.74, 6) is 0.649. The minimum Gasteiger partial charge on any atom is -0.329 e. The van der Waals surface area contributed by atoms with Gasteiger partial charge >= 0.3 is 0 Å². The normalized spacial score (nSPS) is 16.5. The van der Waals surface area contributed by atoms with Gasteiger partial charge in [0.25, 0.3) is 0 Å². The third kappa shape index (κ3) is 2.17. The molecule has 2 heterocycles. The number of pyridine rings is 1. The van der Waals surface area contributed by atoms with Crippen LogP contribution in [0.4, 0.5) is 0 Å². The highest BCUT2D eigenvalue weighted by Gasteiger charge is 2.20. The van der Waals surface area contributed by atoms with Crippen LogP contribution < -0.4 is 5.56 Å². The molecule has 1 fully saturated rings. The number of H-pyrrole nitrogens is 1. The van der Waals surface area contributed by atoms with Crippen molar-refractivity contribution in [1.82, 2.24) is 9.97 Å². The van der Waals surface area contributed by atoms with Gasteiger partial charge in [0.2, 0.25) is 5.56 Å². The molecule has 0 spiro atoms. The van der Waals surface area contributed by atoms with Gasteiger partial charge in [-0.05, 0) is 18.9 Å². The number of hydrogen-bond acceptors (Lipinski definition) is 3. The zero-order valence-corrected chi connectivity index (χ0v) is 10.3. The van der Waals surface area contributed by atoms with E-state index in [4.69, 9.17) is 0 Å². The third-order valence-corrected chi connectivity index (χ3v) is 4.30. The van der Waals surface area contributed by atoms with E-state index in [0.29, 0.717) is 5.92 Å². The number of aromatic nitrogens is 2. The number of hydrogen-bond donors (Lipinski definition) is 1. The van der Waals surface area contributed by atoms with Gasteiger partial charge < -0.3 is 4.98 Å². The second-order valence-corrected chi connectivity index (χ2v) is 5.38. The molecule has 3 nitrogen and oxygen atoms in total. The number of rotatable bonds is 2. The van der Waals surface area contributed by atoms with Crippen molar-refractivity contribution < 1.29 is 0 Å². The van der Waals surface area contributed by atoms with Crippen LogP contribution in [0.15, 0.2) is 28.5 Å². The lowest BCUT2D eigenvalue weighted by atomic mass is 10.1. The van der Waals surface area contributed by atoms with Gasteiger partial charge in [-0.1, -0.05) is 12.8 Å². The van der Waals surface area contributed by atoms with Crippen molar-refractivity contribution in [1.29, 1.82) is 0 Å². The summed E-state index contributed by atoms with van der Waals surface area (Å²) in [6.07, 6.45) is 6.85. The predicted molar refractivity (Wildman–Crippen MR) is 69.4 cm³/mol. The van der Waals surface area contributed by atoms with Crippen LogP contribution in [-0.4, -0.2) is 9.97 Å². The van der Waals surface area contributed by atoms with Crippen molar-refractivity contribution in [2.75, 3.05) is 0 Å². The molecular weight excluding hydrogens is 232 g/mol. The molecule has 0 aromatic carbocycles. The van der Waals surface area contributed by atoms with Crippen LogP contribution in [-0.2, 0) is 0 Å². The van der Waals surface area contributed by atoms with E-state index in [2.05, 4.69) is 15.3 Å². The van der Waals surface area contributed by atoms with Gasteiger partial charge in [0.15, 0.2) is 0 Å². The molecule has 0 radical (unpaired) electrons. The number of nitrogens with zero attached hydrogens (tertiary/aromatic N) is 1. The molecule has 2 aromatic rings. The average molecular weight is 246 g/mol. The Morgan fingerprint density at radius 1 is 1.35 bits per heavy atom. The monoisotopic (exact) mass is 246 g/mol. The molecule has 0 unspecified atom stereocenters. The summed E-state index contributed by atoms with van der Waals surface area (Å²) >= 11 is 1.72. The Hall–Kier alpha value is -1.42. The second kappa shape index (κ2) is 4.45. The quantitative estimate of drug-likeness (QED) is 0.884. The molecular formula is C13H14N2OS. The fourth-order valence-corrected chi connectivity index (χ4v) is 3.38. The van der Waals surface area contributed by atoms with Crippen molar-refractivity contribution in [3.05, 3.63) is 39.1 Å².